The summed E-state index contributed by atoms with van der Waals surface area (Å²) in [5.41, 5.74) is -0.790. The standard InChI is InChI=1S/C10H3ClF3IN4/c11-6-1-5(10(12,13)14)3-17-9(6)19-4-7(15)8(2-16)18-19/h1,3-4H. The molecule has 0 aliphatic heterocycles. The molecule has 0 amide bonds. The summed E-state index contributed by atoms with van der Waals surface area (Å²) in [6.45, 7) is 0. The van der Waals surface area contributed by atoms with Gasteiger partial charge in [0.1, 0.15) is 6.07 Å². The Bertz CT molecular complexity index is 674. The van der Waals surface area contributed by atoms with Crippen LogP contribution in [0.25, 0.3) is 5.82 Å². The molecule has 2 aromatic rings. The number of hydrogen-bond donors (Lipinski definition) is 0. The van der Waals surface area contributed by atoms with Gasteiger partial charge >= 0.3 is 6.18 Å². The first-order valence-electron chi connectivity index (χ1n) is 4.71. The minimum absolute atomic E-state index is 0.0362. The van der Waals surface area contributed by atoms with Crippen LogP contribution < -0.4 is 0 Å². The molecule has 19 heavy (non-hydrogen) atoms. The van der Waals surface area contributed by atoms with Gasteiger partial charge in [-0.3, -0.25) is 0 Å². The first-order valence-corrected chi connectivity index (χ1v) is 6.17. The van der Waals surface area contributed by atoms with Gasteiger partial charge in [0.2, 0.25) is 0 Å². The molecule has 0 aliphatic carbocycles. The Morgan fingerprint density at radius 3 is 2.58 bits per heavy atom. The van der Waals surface area contributed by atoms with Crippen molar-refractivity contribution in [1.29, 1.82) is 5.26 Å². The van der Waals surface area contributed by atoms with E-state index < -0.39 is 11.7 Å². The topological polar surface area (TPSA) is 54.5 Å². The molecule has 4 nitrogen and oxygen atoms in total. The van der Waals surface area contributed by atoms with E-state index >= 15 is 0 Å². The van der Waals surface area contributed by atoms with Crippen LogP contribution in [0.3, 0.4) is 0 Å². The van der Waals surface area contributed by atoms with Crippen LogP contribution in [0.15, 0.2) is 18.5 Å². The van der Waals surface area contributed by atoms with E-state index in [9.17, 15) is 13.2 Å². The molecule has 0 saturated carbocycles. The summed E-state index contributed by atoms with van der Waals surface area (Å²) in [7, 11) is 0. The maximum absolute atomic E-state index is 12.5. The van der Waals surface area contributed by atoms with Crippen LogP contribution in [0.2, 0.25) is 5.02 Å². The zero-order valence-corrected chi connectivity index (χ0v) is 11.8. The molecule has 0 unspecified atom stereocenters. The fourth-order valence-electron chi connectivity index (χ4n) is 1.29. The average molecular weight is 399 g/mol. The van der Waals surface area contributed by atoms with Crippen LogP contribution in [0.4, 0.5) is 13.2 Å². The number of nitrogens with zero attached hydrogens (tertiary/aromatic N) is 4. The summed E-state index contributed by atoms with van der Waals surface area (Å²) in [5, 5.41) is 12.4. The van der Waals surface area contributed by atoms with E-state index in [0.29, 0.717) is 9.77 Å². The minimum Gasteiger partial charge on any atom is -0.235 e. The molecule has 0 spiro atoms. The number of halogens is 5. The molecular formula is C10H3ClF3IN4. The third-order valence-corrected chi connectivity index (χ3v) is 3.21. The normalized spacial score (nSPS) is 11.4. The summed E-state index contributed by atoms with van der Waals surface area (Å²) in [6.07, 6.45) is -2.38. The van der Waals surface area contributed by atoms with Crippen molar-refractivity contribution in [1.82, 2.24) is 14.8 Å². The molecule has 98 valence electrons. The van der Waals surface area contributed by atoms with Crippen LogP contribution in [0.5, 0.6) is 0 Å². The molecule has 0 atom stereocenters. The van der Waals surface area contributed by atoms with Crippen molar-refractivity contribution in [3.05, 3.63) is 38.3 Å². The van der Waals surface area contributed by atoms with E-state index in [0.717, 1.165) is 6.07 Å². The second-order valence-corrected chi connectivity index (χ2v) is 4.98. The van der Waals surface area contributed by atoms with Crippen LogP contribution in [0, 0.1) is 14.9 Å². The van der Waals surface area contributed by atoms with Gasteiger partial charge in [0.25, 0.3) is 0 Å². The van der Waals surface area contributed by atoms with Crippen molar-refractivity contribution >= 4 is 34.2 Å². The van der Waals surface area contributed by atoms with E-state index in [1.54, 1.807) is 0 Å². The van der Waals surface area contributed by atoms with Crippen molar-refractivity contribution in [3.63, 3.8) is 0 Å². The summed E-state index contributed by atoms with van der Waals surface area (Å²) >= 11 is 7.65. The lowest BCUT2D eigenvalue weighted by atomic mass is 10.3. The molecule has 2 rings (SSSR count). The maximum Gasteiger partial charge on any atom is 0.417 e. The Morgan fingerprint density at radius 2 is 2.11 bits per heavy atom. The lowest BCUT2D eigenvalue weighted by molar-refractivity contribution is -0.137. The predicted molar refractivity (Wildman–Crippen MR) is 68.8 cm³/mol. The number of nitriles is 1. The Balaban J connectivity index is 2.49. The van der Waals surface area contributed by atoms with Crippen LogP contribution in [0.1, 0.15) is 11.3 Å². The number of hydrogen-bond acceptors (Lipinski definition) is 3. The molecule has 0 bridgehead atoms. The van der Waals surface area contributed by atoms with Crippen molar-refractivity contribution in [3.8, 4) is 11.9 Å². The molecule has 0 radical (unpaired) electrons. The van der Waals surface area contributed by atoms with Crippen LogP contribution >= 0.6 is 34.2 Å². The van der Waals surface area contributed by atoms with Crippen molar-refractivity contribution in [2.75, 3.05) is 0 Å². The summed E-state index contributed by atoms with van der Waals surface area (Å²) in [4.78, 5) is 3.64. The number of alkyl halides is 3. The first kappa shape index (κ1) is 14.1. The highest BCUT2D eigenvalue weighted by Crippen LogP contribution is 2.31. The Labute approximate surface area is 123 Å². The Kier molecular flexibility index (Phi) is 3.69. The molecule has 9 heteroatoms. The third-order valence-electron chi connectivity index (χ3n) is 2.14. The van der Waals surface area contributed by atoms with Gasteiger partial charge in [0.05, 0.1) is 14.2 Å². The largest absolute Gasteiger partial charge is 0.417 e. The van der Waals surface area contributed by atoms with Gasteiger partial charge in [0.15, 0.2) is 11.5 Å². The molecular weight excluding hydrogens is 395 g/mol. The zero-order chi connectivity index (χ0) is 14.2. The Hall–Kier alpha value is -1.34. The molecule has 0 N–H and O–H groups in total. The molecule has 0 aromatic carbocycles. The van der Waals surface area contributed by atoms with E-state index in [4.69, 9.17) is 16.9 Å². The highest BCUT2D eigenvalue weighted by Gasteiger charge is 2.31. The molecule has 2 heterocycles. The SMILES string of the molecule is N#Cc1nn(-c2ncc(C(F)(F)F)cc2Cl)cc1I. The molecule has 0 saturated heterocycles. The minimum atomic E-state index is -4.51. The van der Waals surface area contributed by atoms with Gasteiger partial charge in [-0.05, 0) is 28.7 Å². The maximum atomic E-state index is 12.5. The summed E-state index contributed by atoms with van der Waals surface area (Å²) in [5.74, 6) is 0.0362. The highest BCUT2D eigenvalue weighted by molar-refractivity contribution is 14.1. The van der Waals surface area contributed by atoms with Gasteiger partial charge in [-0.2, -0.15) is 23.5 Å². The van der Waals surface area contributed by atoms with Gasteiger partial charge in [-0.1, -0.05) is 11.6 Å². The Morgan fingerprint density at radius 1 is 1.42 bits per heavy atom. The average Bonchev–Trinajstić information content (AvgIpc) is 2.69. The monoisotopic (exact) mass is 398 g/mol. The van der Waals surface area contributed by atoms with E-state index in [-0.39, 0.29) is 16.5 Å². The predicted octanol–water partition coefficient (Wildman–Crippen LogP) is 3.42. The fourth-order valence-corrected chi connectivity index (χ4v) is 2.04. The molecule has 0 aliphatic rings. The number of pyridine rings is 1. The van der Waals surface area contributed by atoms with Gasteiger partial charge in [0, 0.05) is 12.4 Å². The van der Waals surface area contributed by atoms with Crippen molar-refractivity contribution in [2.24, 2.45) is 0 Å². The second kappa shape index (κ2) is 4.97. The number of rotatable bonds is 1. The van der Waals surface area contributed by atoms with Crippen LogP contribution in [-0.2, 0) is 6.18 Å². The molecule has 0 fully saturated rings. The van der Waals surface area contributed by atoms with E-state index in [2.05, 4.69) is 10.1 Å². The van der Waals surface area contributed by atoms with E-state index in [1.807, 2.05) is 28.7 Å². The molecule has 2 aromatic heterocycles. The summed E-state index contributed by atoms with van der Waals surface area (Å²) in [6, 6.07) is 2.62. The van der Waals surface area contributed by atoms with Crippen LogP contribution in [-0.4, -0.2) is 14.8 Å². The smallest absolute Gasteiger partial charge is 0.235 e. The quantitative estimate of drug-likeness (QED) is 0.692. The highest BCUT2D eigenvalue weighted by atomic mass is 127. The zero-order valence-electron chi connectivity index (χ0n) is 8.91. The van der Waals surface area contributed by atoms with Crippen molar-refractivity contribution < 1.29 is 13.2 Å². The number of aromatic nitrogens is 3. The van der Waals surface area contributed by atoms with Gasteiger partial charge in [-0.15, -0.1) is 0 Å². The van der Waals surface area contributed by atoms with Crippen molar-refractivity contribution in [2.45, 2.75) is 6.18 Å². The second-order valence-electron chi connectivity index (χ2n) is 3.41. The van der Waals surface area contributed by atoms with Gasteiger partial charge < -0.3 is 0 Å². The fraction of sp³-hybridized carbons (Fsp3) is 0.100. The third kappa shape index (κ3) is 2.82. The van der Waals surface area contributed by atoms with Gasteiger partial charge in [-0.25, -0.2) is 9.67 Å². The first-order chi connectivity index (χ1) is 8.82. The summed E-state index contributed by atoms with van der Waals surface area (Å²) < 4.78 is 39.1. The lowest BCUT2D eigenvalue weighted by Gasteiger charge is -2.08. The van der Waals surface area contributed by atoms with E-state index in [1.165, 1.54) is 10.9 Å². The lowest BCUT2D eigenvalue weighted by Crippen LogP contribution is -2.08.